The van der Waals surface area contributed by atoms with Crippen LogP contribution < -0.4 is 10.4 Å². The second-order valence-electron chi connectivity index (χ2n) is 12.1. The molecule has 0 saturated heterocycles. The fraction of sp³-hybridized carbons (Fsp3) is 0.697. The predicted molar refractivity (Wildman–Crippen MR) is 146 cm³/mol. The first-order valence-corrected chi connectivity index (χ1v) is 14.8. The average molecular weight is 483 g/mol. The molecule has 2 atom stereocenters. The number of allylic oxidation sites excluding steroid dienone is 1. The third kappa shape index (κ3) is 6.47. The van der Waals surface area contributed by atoms with Crippen molar-refractivity contribution in [2.75, 3.05) is 0 Å². The van der Waals surface area contributed by atoms with E-state index in [4.69, 9.17) is 0 Å². The van der Waals surface area contributed by atoms with Crippen LogP contribution >= 0.6 is 0 Å². The summed E-state index contributed by atoms with van der Waals surface area (Å²) in [6.45, 7) is 6.15. The Hall–Kier alpha value is -1.44. The summed E-state index contributed by atoms with van der Waals surface area (Å²) < 4.78 is 30.7. The van der Waals surface area contributed by atoms with Crippen LogP contribution in [-0.4, -0.2) is 6.17 Å². The van der Waals surface area contributed by atoms with Gasteiger partial charge in [-0.15, -0.1) is 6.58 Å². The van der Waals surface area contributed by atoms with Gasteiger partial charge in [0.15, 0.2) is 6.17 Å². The minimum Gasteiger partial charge on any atom is -0.239 e. The van der Waals surface area contributed by atoms with E-state index in [9.17, 15) is 0 Å². The van der Waals surface area contributed by atoms with E-state index in [2.05, 4.69) is 19.6 Å². The van der Waals surface area contributed by atoms with Crippen LogP contribution in [0.4, 0.5) is 8.78 Å². The average Bonchev–Trinajstić information content (AvgIpc) is 2.90. The van der Waals surface area contributed by atoms with Gasteiger partial charge in [-0.2, -0.15) is 0 Å². The van der Waals surface area contributed by atoms with Crippen LogP contribution in [0.5, 0.6) is 0 Å². The summed E-state index contributed by atoms with van der Waals surface area (Å²) in [5, 5.41) is 1.30. The number of unbranched alkanes of at least 4 members (excludes halogenated alkanes) is 2. The molecule has 0 aromatic heterocycles. The van der Waals surface area contributed by atoms with Gasteiger partial charge in [-0.05, 0) is 80.3 Å². The highest BCUT2D eigenvalue weighted by Crippen LogP contribution is 2.47. The Balaban J connectivity index is 1.30. The van der Waals surface area contributed by atoms with Crippen molar-refractivity contribution < 1.29 is 8.78 Å². The van der Waals surface area contributed by atoms with Crippen molar-refractivity contribution in [3.63, 3.8) is 0 Å². The Labute approximate surface area is 213 Å². The van der Waals surface area contributed by atoms with Gasteiger partial charge in [0.2, 0.25) is 0 Å². The molecule has 4 rings (SSSR count). The molecule has 3 aliphatic carbocycles. The molecule has 1 aromatic rings. The lowest BCUT2D eigenvalue weighted by molar-refractivity contribution is 0.125. The van der Waals surface area contributed by atoms with Crippen molar-refractivity contribution in [2.45, 2.75) is 116 Å². The fourth-order valence-electron chi connectivity index (χ4n) is 7.56. The Morgan fingerprint density at radius 1 is 0.886 bits per heavy atom. The quantitative estimate of drug-likeness (QED) is 0.218. The molecule has 2 fully saturated rings. The maximum atomic E-state index is 15.6. The van der Waals surface area contributed by atoms with Crippen LogP contribution in [-0.2, 0) is 0 Å². The molecular weight excluding hydrogens is 434 g/mol. The zero-order valence-corrected chi connectivity index (χ0v) is 22.1. The van der Waals surface area contributed by atoms with E-state index in [0.717, 1.165) is 42.2 Å². The Morgan fingerprint density at radius 3 is 2.14 bits per heavy atom. The van der Waals surface area contributed by atoms with Gasteiger partial charge in [0, 0.05) is 10.6 Å². The van der Waals surface area contributed by atoms with E-state index in [-0.39, 0.29) is 0 Å². The first-order valence-electron chi connectivity index (χ1n) is 14.8. The number of alkyl halides is 1. The topological polar surface area (TPSA) is 0 Å². The second kappa shape index (κ2) is 12.7. The molecule has 0 nitrogen and oxygen atoms in total. The van der Waals surface area contributed by atoms with Crippen LogP contribution in [0.3, 0.4) is 0 Å². The predicted octanol–water partition coefficient (Wildman–Crippen LogP) is 8.82. The molecule has 3 aliphatic rings. The van der Waals surface area contributed by atoms with Gasteiger partial charge in [0.05, 0.1) is 0 Å². The zero-order valence-electron chi connectivity index (χ0n) is 22.1. The fourth-order valence-corrected chi connectivity index (χ4v) is 7.56. The van der Waals surface area contributed by atoms with Crippen LogP contribution in [0.2, 0.25) is 0 Å². The molecule has 194 valence electrons. The molecule has 0 bridgehead atoms. The number of hydrogen-bond donors (Lipinski definition) is 0. The minimum absolute atomic E-state index is 0.440. The summed E-state index contributed by atoms with van der Waals surface area (Å²) in [7, 11) is 0. The minimum atomic E-state index is -1.54. The van der Waals surface area contributed by atoms with Crippen molar-refractivity contribution in [1.82, 2.24) is 0 Å². The third-order valence-electron chi connectivity index (χ3n) is 9.89. The van der Waals surface area contributed by atoms with Crippen molar-refractivity contribution >= 4 is 11.9 Å². The smallest absolute Gasteiger partial charge is 0.161 e. The van der Waals surface area contributed by atoms with Gasteiger partial charge in [-0.3, -0.25) is 0 Å². The zero-order chi connectivity index (χ0) is 24.7. The summed E-state index contributed by atoms with van der Waals surface area (Å²) in [5.74, 6) is 2.94. The van der Waals surface area contributed by atoms with Gasteiger partial charge in [0.25, 0.3) is 0 Å². The number of benzene rings is 1. The second-order valence-corrected chi connectivity index (χ2v) is 12.1. The van der Waals surface area contributed by atoms with E-state index in [1.165, 1.54) is 77.0 Å². The highest BCUT2D eigenvalue weighted by atomic mass is 19.2. The molecule has 1 aromatic carbocycles. The highest BCUT2D eigenvalue weighted by molar-refractivity contribution is 5.54. The largest absolute Gasteiger partial charge is 0.239 e. The molecule has 2 unspecified atom stereocenters. The van der Waals surface area contributed by atoms with Gasteiger partial charge in [0.1, 0.15) is 5.83 Å². The molecule has 0 radical (unpaired) electrons. The Bertz CT molecular complexity index is 917. The Morgan fingerprint density at radius 2 is 1.51 bits per heavy atom. The lowest BCUT2D eigenvalue weighted by atomic mass is 9.66. The summed E-state index contributed by atoms with van der Waals surface area (Å²) in [5.41, 5.74) is -0.736. The van der Waals surface area contributed by atoms with Crippen molar-refractivity contribution in [3.8, 4) is 0 Å². The number of rotatable bonds is 11. The van der Waals surface area contributed by atoms with Crippen molar-refractivity contribution in [3.05, 3.63) is 47.4 Å². The van der Waals surface area contributed by atoms with E-state index in [0.29, 0.717) is 17.6 Å². The van der Waals surface area contributed by atoms with Gasteiger partial charge in [-0.1, -0.05) is 94.7 Å². The monoisotopic (exact) mass is 482 g/mol. The van der Waals surface area contributed by atoms with Crippen LogP contribution in [0.1, 0.15) is 110 Å². The number of halogens is 2. The third-order valence-corrected chi connectivity index (χ3v) is 9.89. The Kier molecular flexibility index (Phi) is 9.65. The standard InChI is InChI=1S/C33H48F2/c1-3-5-7-10-25-13-17-27(18-14-25)28-19-15-26(16-20-28)21-23-33(22-6-4-2)24-29-11-8-9-12-30(29)31(34)32(33)35/h4,8-9,11-12,24-28,32H,2-3,5-7,10,13-23H2,1H3. The normalized spacial score (nSPS) is 33.1. The van der Waals surface area contributed by atoms with Gasteiger partial charge >= 0.3 is 0 Å². The molecular formula is C33H48F2. The SMILES string of the molecule is C=CCCC1(CCC2CCC(C3CCC(CCCCC)CC3)CC2)C=c2ccccc2=C(F)C1F. The molecule has 0 spiro atoms. The molecule has 2 saturated carbocycles. The van der Waals surface area contributed by atoms with E-state index in [1.807, 2.05) is 18.2 Å². The molecule has 35 heavy (non-hydrogen) atoms. The highest BCUT2D eigenvalue weighted by Gasteiger charge is 2.42. The van der Waals surface area contributed by atoms with E-state index >= 15 is 8.78 Å². The van der Waals surface area contributed by atoms with E-state index < -0.39 is 17.4 Å². The summed E-state index contributed by atoms with van der Waals surface area (Å²) in [6.07, 6.45) is 22.2. The molecule has 2 heteroatoms. The maximum absolute atomic E-state index is 15.6. The van der Waals surface area contributed by atoms with Crippen LogP contribution in [0, 0.1) is 29.1 Å². The first-order chi connectivity index (χ1) is 17.1. The van der Waals surface area contributed by atoms with Crippen LogP contribution in [0.25, 0.3) is 11.9 Å². The van der Waals surface area contributed by atoms with Crippen LogP contribution in [0.15, 0.2) is 36.9 Å². The van der Waals surface area contributed by atoms with E-state index in [1.54, 1.807) is 12.1 Å². The summed E-state index contributed by atoms with van der Waals surface area (Å²) >= 11 is 0. The first kappa shape index (κ1) is 26.6. The maximum Gasteiger partial charge on any atom is 0.161 e. The number of fused-ring (bicyclic) bond motifs is 1. The summed E-state index contributed by atoms with van der Waals surface area (Å²) in [6, 6.07) is 7.38. The molecule has 0 aliphatic heterocycles. The van der Waals surface area contributed by atoms with Gasteiger partial charge in [-0.25, -0.2) is 8.78 Å². The molecule has 0 amide bonds. The van der Waals surface area contributed by atoms with Crippen molar-refractivity contribution in [1.29, 1.82) is 0 Å². The lowest BCUT2D eigenvalue weighted by Crippen LogP contribution is -2.43. The molecule has 0 N–H and O–H groups in total. The summed E-state index contributed by atoms with van der Waals surface area (Å²) in [4.78, 5) is 0. The molecule has 0 heterocycles. The van der Waals surface area contributed by atoms with Gasteiger partial charge < -0.3 is 0 Å². The number of hydrogen-bond acceptors (Lipinski definition) is 0. The van der Waals surface area contributed by atoms with Crippen molar-refractivity contribution in [2.24, 2.45) is 29.1 Å². The lowest BCUT2D eigenvalue weighted by Gasteiger charge is -2.40.